The van der Waals surface area contributed by atoms with Gasteiger partial charge in [0.05, 0.1) is 0 Å². The Labute approximate surface area is 261 Å². The first-order valence-electron chi connectivity index (χ1n) is 14.5. The predicted molar refractivity (Wildman–Crippen MR) is 176 cm³/mol. The van der Waals surface area contributed by atoms with Gasteiger partial charge in [-0.1, -0.05) is 127 Å². The summed E-state index contributed by atoms with van der Waals surface area (Å²) in [7, 11) is 0. The normalized spacial score (nSPS) is 10.7. The Morgan fingerprint density at radius 3 is 0.711 bits per heavy atom. The average Bonchev–Trinajstić information content (AvgIpc) is 3.10. The van der Waals surface area contributed by atoms with Crippen LogP contribution >= 0.6 is 0 Å². The highest BCUT2D eigenvalue weighted by Crippen LogP contribution is 2.30. The topological polar surface area (TPSA) is 66.4 Å². The molecule has 0 saturated heterocycles. The number of aromatic nitrogens is 3. The number of ether oxygens (including phenoxy) is 3. The van der Waals surface area contributed by atoms with E-state index >= 15 is 0 Å². The fourth-order valence-corrected chi connectivity index (χ4v) is 4.81. The van der Waals surface area contributed by atoms with E-state index in [2.05, 4.69) is 51.4 Å². The molecule has 1 heterocycles. The number of rotatable bonds is 9. The fraction of sp³-hybridized carbons (Fsp3) is 0. The van der Waals surface area contributed by atoms with Crippen molar-refractivity contribution in [3.63, 3.8) is 0 Å². The molecule has 45 heavy (non-hydrogen) atoms. The van der Waals surface area contributed by atoms with Gasteiger partial charge in [0.1, 0.15) is 17.2 Å². The van der Waals surface area contributed by atoms with Crippen LogP contribution in [-0.4, -0.2) is 15.0 Å². The monoisotopic (exact) mass is 585 g/mol. The number of nitrogens with zero attached hydrogens (tertiary/aromatic N) is 3. The standard InChI is InChI=1S/C39H27N3O3/c1-4-10-28(11-5-1)31-16-22-34(23-17-31)43-37-40-38(44-35-24-18-32(19-25-35)29-12-6-2-7-13-29)42-39(41-37)45-36-26-20-33(21-27-36)30-14-8-3-9-15-30/h1-27H. The summed E-state index contributed by atoms with van der Waals surface area (Å²) < 4.78 is 18.2. The summed E-state index contributed by atoms with van der Waals surface area (Å²) >= 11 is 0. The molecule has 0 radical (unpaired) electrons. The van der Waals surface area contributed by atoms with Crippen LogP contribution in [-0.2, 0) is 0 Å². The second-order valence-corrected chi connectivity index (χ2v) is 10.2. The molecular weight excluding hydrogens is 558 g/mol. The molecule has 0 fully saturated rings. The van der Waals surface area contributed by atoms with Gasteiger partial charge in [-0.25, -0.2) is 0 Å². The number of hydrogen-bond donors (Lipinski definition) is 0. The Morgan fingerprint density at radius 1 is 0.244 bits per heavy atom. The van der Waals surface area contributed by atoms with E-state index in [0.29, 0.717) is 17.2 Å². The summed E-state index contributed by atoms with van der Waals surface area (Å²) in [6.07, 6.45) is 0. The highest BCUT2D eigenvalue weighted by molar-refractivity contribution is 5.65. The van der Waals surface area contributed by atoms with Crippen molar-refractivity contribution in [3.05, 3.63) is 164 Å². The Balaban J connectivity index is 1.15. The van der Waals surface area contributed by atoms with Crippen LogP contribution in [0.25, 0.3) is 33.4 Å². The lowest BCUT2D eigenvalue weighted by Gasteiger charge is -2.11. The maximum Gasteiger partial charge on any atom is 0.331 e. The van der Waals surface area contributed by atoms with Crippen molar-refractivity contribution in [2.75, 3.05) is 0 Å². The van der Waals surface area contributed by atoms with E-state index in [1.807, 2.05) is 127 Å². The van der Waals surface area contributed by atoms with Crippen LogP contribution < -0.4 is 14.2 Å². The zero-order valence-electron chi connectivity index (χ0n) is 24.2. The van der Waals surface area contributed by atoms with Crippen LogP contribution in [0.3, 0.4) is 0 Å². The summed E-state index contributed by atoms with van der Waals surface area (Å²) in [5.41, 5.74) is 6.57. The van der Waals surface area contributed by atoms with Crippen LogP contribution in [0.2, 0.25) is 0 Å². The quantitative estimate of drug-likeness (QED) is 0.168. The minimum Gasteiger partial charge on any atom is -0.424 e. The van der Waals surface area contributed by atoms with E-state index in [0.717, 1.165) is 33.4 Å². The van der Waals surface area contributed by atoms with Crippen molar-refractivity contribution >= 4 is 0 Å². The third-order valence-corrected chi connectivity index (χ3v) is 7.09. The molecule has 7 rings (SSSR count). The van der Waals surface area contributed by atoms with Crippen molar-refractivity contribution in [3.8, 4) is 68.7 Å². The van der Waals surface area contributed by atoms with Crippen molar-refractivity contribution < 1.29 is 14.2 Å². The highest BCUT2D eigenvalue weighted by Gasteiger charge is 2.14. The lowest BCUT2D eigenvalue weighted by atomic mass is 10.1. The Morgan fingerprint density at radius 2 is 0.467 bits per heavy atom. The molecule has 6 aromatic carbocycles. The van der Waals surface area contributed by atoms with Gasteiger partial charge in [-0.3, -0.25) is 0 Å². The van der Waals surface area contributed by atoms with Crippen LogP contribution in [0.4, 0.5) is 0 Å². The summed E-state index contributed by atoms with van der Waals surface area (Å²) in [6.45, 7) is 0. The highest BCUT2D eigenvalue weighted by atomic mass is 16.5. The third-order valence-electron chi connectivity index (χ3n) is 7.09. The van der Waals surface area contributed by atoms with Gasteiger partial charge in [-0.05, 0) is 69.8 Å². The fourth-order valence-electron chi connectivity index (χ4n) is 4.81. The first-order valence-corrected chi connectivity index (χ1v) is 14.5. The Bertz CT molecular complexity index is 1740. The SMILES string of the molecule is c1ccc(-c2ccc(Oc3nc(Oc4ccc(-c5ccccc5)cc4)nc(Oc4ccc(-c5ccccc5)cc4)n3)cc2)cc1. The lowest BCUT2D eigenvalue weighted by Crippen LogP contribution is -2.01. The van der Waals surface area contributed by atoms with Crippen molar-refractivity contribution in [1.29, 1.82) is 0 Å². The predicted octanol–water partition coefficient (Wildman–Crippen LogP) is 10.2. The second kappa shape index (κ2) is 12.9. The zero-order chi connectivity index (χ0) is 30.3. The summed E-state index contributed by atoms with van der Waals surface area (Å²) in [4.78, 5) is 13.3. The van der Waals surface area contributed by atoms with Crippen LogP contribution in [0.1, 0.15) is 0 Å². The zero-order valence-corrected chi connectivity index (χ0v) is 24.2. The first kappa shape index (κ1) is 27.6. The summed E-state index contributed by atoms with van der Waals surface area (Å²) in [5, 5.41) is 0. The second-order valence-electron chi connectivity index (χ2n) is 10.2. The van der Waals surface area contributed by atoms with Crippen LogP contribution in [0.15, 0.2) is 164 Å². The molecule has 0 unspecified atom stereocenters. The van der Waals surface area contributed by atoms with Gasteiger partial charge in [0.25, 0.3) is 0 Å². The molecule has 6 heteroatoms. The van der Waals surface area contributed by atoms with Gasteiger partial charge < -0.3 is 14.2 Å². The third kappa shape index (κ3) is 6.87. The van der Waals surface area contributed by atoms with Gasteiger partial charge in [-0.2, -0.15) is 0 Å². The molecule has 6 nitrogen and oxygen atoms in total. The van der Waals surface area contributed by atoms with E-state index < -0.39 is 0 Å². The molecule has 0 N–H and O–H groups in total. The van der Waals surface area contributed by atoms with Gasteiger partial charge >= 0.3 is 18.0 Å². The molecule has 0 atom stereocenters. The van der Waals surface area contributed by atoms with Gasteiger partial charge in [0, 0.05) is 0 Å². The Kier molecular flexibility index (Phi) is 7.92. The molecule has 0 aliphatic heterocycles. The Hall–Kier alpha value is -6.27. The molecule has 0 bridgehead atoms. The number of benzene rings is 6. The average molecular weight is 586 g/mol. The van der Waals surface area contributed by atoms with E-state index in [1.165, 1.54) is 0 Å². The number of hydrogen-bond acceptors (Lipinski definition) is 6. The summed E-state index contributed by atoms with van der Waals surface area (Å²) in [6, 6.07) is 53.8. The molecule has 0 spiro atoms. The molecule has 0 aliphatic carbocycles. The molecular formula is C39H27N3O3. The molecule has 0 amide bonds. The maximum absolute atomic E-state index is 6.06. The van der Waals surface area contributed by atoms with E-state index in [9.17, 15) is 0 Å². The smallest absolute Gasteiger partial charge is 0.331 e. The largest absolute Gasteiger partial charge is 0.424 e. The first-order chi connectivity index (χ1) is 22.2. The van der Waals surface area contributed by atoms with Gasteiger partial charge in [0.2, 0.25) is 0 Å². The van der Waals surface area contributed by atoms with E-state index in [1.54, 1.807) is 0 Å². The molecule has 0 aliphatic rings. The van der Waals surface area contributed by atoms with Crippen LogP contribution in [0, 0.1) is 0 Å². The van der Waals surface area contributed by atoms with Gasteiger partial charge in [-0.15, -0.1) is 15.0 Å². The molecule has 216 valence electrons. The molecule has 7 aromatic rings. The van der Waals surface area contributed by atoms with Gasteiger partial charge in [0.15, 0.2) is 0 Å². The molecule has 0 saturated carbocycles. The minimum absolute atomic E-state index is 0.0456. The van der Waals surface area contributed by atoms with E-state index in [4.69, 9.17) is 14.2 Å². The minimum atomic E-state index is 0.0456. The van der Waals surface area contributed by atoms with Crippen molar-refractivity contribution in [2.45, 2.75) is 0 Å². The maximum atomic E-state index is 6.06. The summed E-state index contributed by atoms with van der Waals surface area (Å²) in [5.74, 6) is 1.70. The lowest BCUT2D eigenvalue weighted by molar-refractivity contribution is 0.362. The van der Waals surface area contributed by atoms with E-state index in [-0.39, 0.29) is 18.0 Å². The van der Waals surface area contributed by atoms with Crippen molar-refractivity contribution in [2.24, 2.45) is 0 Å². The van der Waals surface area contributed by atoms with Crippen LogP contribution in [0.5, 0.6) is 35.3 Å². The van der Waals surface area contributed by atoms with Crippen molar-refractivity contribution in [1.82, 2.24) is 15.0 Å². The molecule has 1 aromatic heterocycles.